The molecule has 6 fully saturated rings. The summed E-state index contributed by atoms with van der Waals surface area (Å²) in [6.45, 7) is 33.3. The molecule has 12 aromatic rings. The molecule has 119 heavy (non-hydrogen) atoms. The number of nitrogens with one attached hydrogen (secondary N) is 6. The number of hydrogen-bond acceptors (Lipinski definition) is 27. The number of nitrogens with two attached hydrogens (primary N) is 3. The average molecular weight is 1790 g/mol. The minimum absolute atomic E-state index is 0.129. The third-order valence-electron chi connectivity index (χ3n) is 20.6. The quantitative estimate of drug-likeness (QED) is 0.0716. The second kappa shape index (κ2) is 35.1. The van der Waals surface area contributed by atoms with E-state index in [1.165, 1.54) is 95.4 Å². The van der Waals surface area contributed by atoms with Crippen LogP contribution in [0.3, 0.4) is 0 Å². The number of carbonyl (C=O) groups excluding carboxylic acids is 6. The summed E-state index contributed by atoms with van der Waals surface area (Å²) in [5.74, 6) is 2.06. The number of carbonyl (C=O) groups is 6. The van der Waals surface area contributed by atoms with E-state index in [0.717, 1.165) is 21.5 Å². The molecule has 18 heterocycles. The smallest absolute Gasteiger partial charge is 0.272 e. The fourth-order valence-electron chi connectivity index (χ4n) is 15.0. The summed E-state index contributed by atoms with van der Waals surface area (Å²) in [6, 6.07) is 2.25. The van der Waals surface area contributed by atoms with Crippen molar-refractivity contribution in [3.63, 3.8) is 0 Å². The number of piperidine rings is 4. The largest absolute Gasteiger partial charge is 0.397 e. The molecule has 18 rings (SSSR count). The van der Waals surface area contributed by atoms with E-state index >= 15 is 0 Å². The topological polar surface area (TPSA) is 462 Å². The summed E-state index contributed by atoms with van der Waals surface area (Å²) in [6.07, 6.45) is 7.54. The van der Waals surface area contributed by atoms with Gasteiger partial charge in [-0.3, -0.25) is 84.9 Å². The molecule has 0 saturated carbocycles. The second-order valence-electron chi connectivity index (χ2n) is 28.8. The van der Waals surface area contributed by atoms with Gasteiger partial charge in [-0.2, -0.15) is 0 Å². The monoisotopic (exact) mass is 1790 g/mol. The zero-order valence-corrected chi connectivity index (χ0v) is 71.8. The highest BCUT2D eigenvalue weighted by atomic mass is 79.9. The minimum Gasteiger partial charge on any atom is -0.397 e. The Kier molecular flexibility index (Phi) is 25.1. The lowest BCUT2D eigenvalue weighted by molar-refractivity contribution is -0.125. The van der Waals surface area contributed by atoms with Crippen molar-refractivity contribution >= 4 is 193 Å². The van der Waals surface area contributed by atoms with Gasteiger partial charge in [-0.1, -0.05) is 39.5 Å². The van der Waals surface area contributed by atoms with Gasteiger partial charge in [0, 0.05) is 68.2 Å². The van der Waals surface area contributed by atoms with Crippen LogP contribution in [0.1, 0.15) is 153 Å². The molecule has 6 unspecified atom stereocenters. The van der Waals surface area contributed by atoms with E-state index in [-0.39, 0.29) is 68.8 Å². The molecule has 40 heteroatoms. The average Bonchev–Trinajstić information content (AvgIpc) is 1.68. The highest BCUT2D eigenvalue weighted by Gasteiger charge is 2.36. The summed E-state index contributed by atoms with van der Waals surface area (Å²) < 4.78 is 11.4. The predicted octanol–water partition coefficient (Wildman–Crippen LogP) is 9.77. The Bertz CT molecular complexity index is 6650. The third-order valence-corrected chi connectivity index (χ3v) is 26.8. The van der Waals surface area contributed by atoms with Crippen molar-refractivity contribution in [1.82, 2.24) is 89.2 Å². The molecule has 618 valence electrons. The molecule has 0 aliphatic carbocycles. The molecule has 6 atom stereocenters. The molecule has 0 spiro atoms. The van der Waals surface area contributed by atoms with Gasteiger partial charge in [0.25, 0.3) is 33.4 Å². The first-order valence-corrected chi connectivity index (χ1v) is 43.4. The van der Waals surface area contributed by atoms with Crippen LogP contribution in [-0.4, -0.2) is 92.7 Å². The molecule has 33 nitrogen and oxygen atoms in total. The second-order valence-corrected chi connectivity index (χ2v) is 35.8. The van der Waals surface area contributed by atoms with Gasteiger partial charge in [0.05, 0.1) is 47.9 Å². The number of nitrogens with zero attached hydrogens (tertiary/aromatic N) is 12. The van der Waals surface area contributed by atoms with Gasteiger partial charge in [-0.15, -0.1) is 68.0 Å². The summed E-state index contributed by atoms with van der Waals surface area (Å²) in [5, 5.41) is 26.5. The number of thiophene rings is 6. The number of amides is 6. The van der Waals surface area contributed by atoms with Gasteiger partial charge in [0.1, 0.15) is 100 Å². The van der Waals surface area contributed by atoms with Crippen LogP contribution in [0.4, 0.5) is 11.4 Å². The van der Waals surface area contributed by atoms with Crippen molar-refractivity contribution in [2.45, 2.75) is 161 Å². The third kappa shape index (κ3) is 17.2. The molecule has 6 aliphatic rings. The molecule has 12 aromatic heterocycles. The maximum absolute atomic E-state index is 12.7. The maximum atomic E-state index is 12.7. The van der Waals surface area contributed by atoms with Crippen LogP contribution < -0.4 is 82.5 Å². The Morgan fingerprint density at radius 2 is 0.782 bits per heavy atom. The first kappa shape index (κ1) is 85.2. The fraction of sp³-hybridized carbons (Fsp3) is 0.316. The number of aromatic nitrogens is 12. The van der Waals surface area contributed by atoms with Crippen LogP contribution in [0.15, 0.2) is 151 Å². The Hall–Kier alpha value is -11.7. The molecule has 6 saturated heterocycles. The maximum Gasteiger partial charge on any atom is 0.272 e. The van der Waals surface area contributed by atoms with Gasteiger partial charge in [-0.05, 0) is 157 Å². The number of allylic oxidation sites excluding steroid dienone is 6. The molecule has 0 bridgehead atoms. The normalized spacial score (nSPS) is 19.4. The van der Waals surface area contributed by atoms with Crippen LogP contribution in [0.2, 0.25) is 0 Å². The fourth-order valence-corrected chi connectivity index (χ4v) is 20.5. The van der Waals surface area contributed by atoms with Gasteiger partial charge in [0.15, 0.2) is 0 Å². The molecule has 0 radical (unpaired) electrons. The van der Waals surface area contributed by atoms with Crippen molar-refractivity contribution in [2.75, 3.05) is 11.5 Å². The van der Waals surface area contributed by atoms with E-state index in [1.807, 2.05) is 22.9 Å². The Balaban J connectivity index is 0.000000124. The molecular formula is C79H82BrN21O12S6. The van der Waals surface area contributed by atoms with E-state index in [4.69, 9.17) is 17.2 Å². The number of anilines is 2. The zero-order valence-electron chi connectivity index (χ0n) is 65.3. The Labute approximate surface area is 708 Å². The first-order valence-electron chi connectivity index (χ1n) is 37.4. The summed E-state index contributed by atoms with van der Waals surface area (Å²) in [4.78, 5) is 176. The predicted molar refractivity (Wildman–Crippen MR) is 469 cm³/mol. The SMILES string of the molecule is C=C1CC(n2c(C)nc3ccsc3c2=O)C(=O)N1.C=C1CCC(n2c(C)nc3c(CN)scc3c2=O)C(=O)N1.C=C1CCC(n2c(C)nc3c(N)csc3c2=O)C(=O)N1.C=C1CCC(n2c(C)nc3sc(Br)cc3c2=O)C(=O)N1.C=C1CCC(n2c(C)nc3scc(N)c3c2=O)C(=O)N1.C=C1CCCC(n2c(C)nc3ccsc3c2=O)C(=O)N1. The van der Waals surface area contributed by atoms with Crippen molar-refractivity contribution in [1.29, 1.82) is 0 Å². The van der Waals surface area contributed by atoms with Crippen molar-refractivity contribution in [3.8, 4) is 0 Å². The van der Waals surface area contributed by atoms with E-state index in [9.17, 15) is 57.5 Å². The summed E-state index contributed by atoms with van der Waals surface area (Å²) in [7, 11) is 0. The number of nitrogen functional groups attached to an aromatic ring is 2. The van der Waals surface area contributed by atoms with E-state index in [2.05, 4.69) is 117 Å². The standard InChI is InChI=1S/C14H16N4O2S.C14H15N3O2S.C13H12BrN3O2S.2C13H14N4O2S.C12H11N3O2S/c1-7-3-4-10(13(19)16-7)18-8(2)17-12-9(14(18)20)6-21-11(12)5-15;1-8-4-3-5-11(13(18)15-8)17-9(2)16-10-6-7-20-12(10)14(17)19;1-6-3-4-9(11(18)15-6)17-7(2)16-12-8(13(17)19)5-10(14)20-12;1-6-3-4-9(12(18)15-6)17-7(2)16-10-8(14)5-20-11(10)13(17)19;1-6-3-4-9(11(18)15-6)17-7(2)16-12-10(13(17)19)8(14)5-20-12;1-6-5-9(11(16)13-6)15-7(2)14-8-3-4-18-10(8)12(15)17/h6,10H,1,3-5,15H2,2H3,(H,16,19);6-7,11H,1,3-5H2,2H3,(H,15,18);5,9H,1,3-4H2,2H3,(H,15,18);2*5,9H,1,3-4,14H2,2H3,(H,15,18);3-4,9H,1,5H2,2H3,(H,13,16). The van der Waals surface area contributed by atoms with E-state index in [0.29, 0.717) is 213 Å². The number of rotatable bonds is 7. The van der Waals surface area contributed by atoms with Crippen LogP contribution >= 0.6 is 84.0 Å². The number of aryl methyl sites for hydroxylation is 6. The highest BCUT2D eigenvalue weighted by Crippen LogP contribution is 2.34. The number of hydrogen-bond donors (Lipinski definition) is 9. The minimum atomic E-state index is -0.552. The summed E-state index contributed by atoms with van der Waals surface area (Å²) in [5.41, 5.74) is 23.8. The van der Waals surface area contributed by atoms with Crippen LogP contribution in [0.5, 0.6) is 0 Å². The van der Waals surface area contributed by atoms with Crippen molar-refractivity contribution in [3.05, 3.63) is 224 Å². The van der Waals surface area contributed by atoms with Gasteiger partial charge in [0.2, 0.25) is 35.4 Å². The highest BCUT2D eigenvalue weighted by molar-refractivity contribution is 9.11. The first-order chi connectivity index (χ1) is 56.6. The van der Waals surface area contributed by atoms with Crippen LogP contribution in [-0.2, 0) is 35.3 Å². The van der Waals surface area contributed by atoms with Gasteiger partial charge < -0.3 is 49.1 Å². The van der Waals surface area contributed by atoms with Gasteiger partial charge in [-0.25, -0.2) is 29.9 Å². The molecule has 6 amide bonds. The number of halogens is 1. The van der Waals surface area contributed by atoms with Crippen molar-refractivity contribution in [2.24, 2.45) is 5.73 Å². The van der Waals surface area contributed by atoms with Crippen LogP contribution in [0.25, 0.3) is 62.0 Å². The molecule has 0 aromatic carbocycles. The van der Waals surface area contributed by atoms with Gasteiger partial charge >= 0.3 is 0 Å². The Morgan fingerprint density at radius 3 is 1.25 bits per heavy atom. The summed E-state index contributed by atoms with van der Waals surface area (Å²) >= 11 is 11.5. The van der Waals surface area contributed by atoms with E-state index in [1.54, 1.807) is 63.7 Å². The molecule has 12 N–H and O–H groups in total. The van der Waals surface area contributed by atoms with Crippen molar-refractivity contribution < 1.29 is 28.8 Å². The lowest BCUT2D eigenvalue weighted by Crippen LogP contribution is -2.41. The van der Waals surface area contributed by atoms with Crippen LogP contribution in [0, 0.1) is 41.5 Å². The molecule has 6 aliphatic heterocycles. The molecular weight excluding hydrogens is 1710 g/mol. The Morgan fingerprint density at radius 1 is 0.403 bits per heavy atom. The zero-order chi connectivity index (χ0) is 85.6. The lowest BCUT2D eigenvalue weighted by Gasteiger charge is -2.26. The number of fused-ring (bicyclic) bond motifs is 6. The lowest BCUT2D eigenvalue weighted by atomic mass is 10.0. The van der Waals surface area contributed by atoms with E-state index < -0.39 is 36.3 Å².